The second-order valence-corrected chi connectivity index (χ2v) is 7.97. The molecular weight excluding hydrogens is 352 g/mol. The number of morpholine rings is 1. The SMILES string of the molecule is O=C(NCC1(N2CCOCC2)CCCCC1)c1ccc(Cn2cccn2)cc1. The molecule has 2 heterocycles. The maximum absolute atomic E-state index is 12.8. The van der Waals surface area contributed by atoms with Crippen molar-refractivity contribution in [3.8, 4) is 0 Å². The molecule has 150 valence electrons. The molecule has 4 rings (SSSR count). The summed E-state index contributed by atoms with van der Waals surface area (Å²) in [4.78, 5) is 15.3. The second-order valence-electron chi connectivity index (χ2n) is 7.97. The van der Waals surface area contributed by atoms with Gasteiger partial charge >= 0.3 is 0 Å². The summed E-state index contributed by atoms with van der Waals surface area (Å²) in [7, 11) is 0. The Bertz CT molecular complexity index is 745. The van der Waals surface area contributed by atoms with Gasteiger partial charge in [-0.25, -0.2) is 0 Å². The topological polar surface area (TPSA) is 59.4 Å². The number of benzene rings is 1. The zero-order valence-corrected chi connectivity index (χ0v) is 16.5. The van der Waals surface area contributed by atoms with Gasteiger partial charge in [-0.15, -0.1) is 0 Å². The number of aromatic nitrogens is 2. The average molecular weight is 383 g/mol. The molecule has 0 spiro atoms. The van der Waals surface area contributed by atoms with E-state index in [2.05, 4.69) is 15.3 Å². The molecule has 1 amide bonds. The summed E-state index contributed by atoms with van der Waals surface area (Å²) in [6.07, 6.45) is 9.84. The van der Waals surface area contributed by atoms with E-state index in [4.69, 9.17) is 4.74 Å². The third kappa shape index (κ3) is 4.45. The van der Waals surface area contributed by atoms with Gasteiger partial charge in [-0.1, -0.05) is 31.4 Å². The Hall–Kier alpha value is -2.18. The van der Waals surface area contributed by atoms with Crippen LogP contribution in [0.4, 0.5) is 0 Å². The Morgan fingerprint density at radius 2 is 1.86 bits per heavy atom. The van der Waals surface area contributed by atoms with Crippen LogP contribution in [0.25, 0.3) is 0 Å². The van der Waals surface area contributed by atoms with E-state index in [-0.39, 0.29) is 11.4 Å². The van der Waals surface area contributed by atoms with Crippen LogP contribution in [0.1, 0.15) is 48.0 Å². The summed E-state index contributed by atoms with van der Waals surface area (Å²) in [6, 6.07) is 9.76. The first-order valence-corrected chi connectivity index (χ1v) is 10.4. The van der Waals surface area contributed by atoms with Gasteiger partial charge in [0.1, 0.15) is 0 Å². The molecule has 1 aliphatic heterocycles. The van der Waals surface area contributed by atoms with E-state index in [1.54, 1.807) is 6.20 Å². The van der Waals surface area contributed by atoms with Crippen LogP contribution in [0.5, 0.6) is 0 Å². The zero-order chi connectivity index (χ0) is 19.2. The van der Waals surface area contributed by atoms with Gasteiger partial charge in [-0.3, -0.25) is 14.4 Å². The molecule has 1 N–H and O–H groups in total. The number of carbonyl (C=O) groups is 1. The van der Waals surface area contributed by atoms with E-state index in [1.807, 2.05) is 41.2 Å². The number of hydrogen-bond donors (Lipinski definition) is 1. The molecule has 1 saturated carbocycles. The molecule has 2 aliphatic rings. The van der Waals surface area contributed by atoms with Crippen LogP contribution in [-0.2, 0) is 11.3 Å². The number of carbonyl (C=O) groups excluding carboxylic acids is 1. The number of ether oxygens (including phenoxy) is 1. The summed E-state index contributed by atoms with van der Waals surface area (Å²) < 4.78 is 7.42. The Morgan fingerprint density at radius 3 is 2.54 bits per heavy atom. The summed E-state index contributed by atoms with van der Waals surface area (Å²) >= 11 is 0. The van der Waals surface area contributed by atoms with Crippen molar-refractivity contribution >= 4 is 5.91 Å². The fourth-order valence-electron chi connectivity index (χ4n) is 4.54. The van der Waals surface area contributed by atoms with E-state index < -0.39 is 0 Å². The summed E-state index contributed by atoms with van der Waals surface area (Å²) in [5.41, 5.74) is 1.95. The minimum absolute atomic E-state index is 0.0175. The predicted molar refractivity (Wildman–Crippen MR) is 108 cm³/mol. The molecule has 0 bridgehead atoms. The van der Waals surface area contributed by atoms with Crippen molar-refractivity contribution in [2.24, 2.45) is 0 Å². The lowest BCUT2D eigenvalue weighted by atomic mass is 9.79. The van der Waals surface area contributed by atoms with Crippen LogP contribution < -0.4 is 5.32 Å². The number of nitrogens with zero attached hydrogens (tertiary/aromatic N) is 3. The van der Waals surface area contributed by atoms with Crippen LogP contribution >= 0.6 is 0 Å². The Kier molecular flexibility index (Phi) is 6.07. The number of hydrogen-bond acceptors (Lipinski definition) is 4. The molecule has 0 unspecified atom stereocenters. The summed E-state index contributed by atoms with van der Waals surface area (Å²) in [6.45, 7) is 4.98. The van der Waals surface area contributed by atoms with E-state index in [1.165, 1.54) is 19.3 Å². The van der Waals surface area contributed by atoms with Crippen molar-refractivity contribution < 1.29 is 9.53 Å². The average Bonchev–Trinajstić information content (AvgIpc) is 3.27. The highest BCUT2D eigenvalue weighted by Gasteiger charge is 2.38. The van der Waals surface area contributed by atoms with Crippen LogP contribution in [0, 0.1) is 0 Å². The van der Waals surface area contributed by atoms with Gasteiger partial charge in [0.15, 0.2) is 0 Å². The largest absolute Gasteiger partial charge is 0.379 e. The molecule has 2 aromatic rings. The van der Waals surface area contributed by atoms with Crippen LogP contribution in [-0.4, -0.2) is 59.0 Å². The van der Waals surface area contributed by atoms with Crippen molar-refractivity contribution in [1.29, 1.82) is 0 Å². The molecule has 1 aliphatic carbocycles. The van der Waals surface area contributed by atoms with Crippen molar-refractivity contribution in [1.82, 2.24) is 20.0 Å². The highest BCUT2D eigenvalue weighted by molar-refractivity contribution is 5.94. The predicted octanol–water partition coefficient (Wildman–Crippen LogP) is 2.70. The maximum atomic E-state index is 12.8. The highest BCUT2D eigenvalue weighted by Crippen LogP contribution is 2.34. The highest BCUT2D eigenvalue weighted by atomic mass is 16.5. The second kappa shape index (κ2) is 8.88. The van der Waals surface area contributed by atoms with Gasteiger partial charge in [-0.2, -0.15) is 5.10 Å². The van der Waals surface area contributed by atoms with Crippen molar-refractivity contribution in [2.45, 2.75) is 44.2 Å². The normalized spacial score (nSPS) is 20.0. The first kappa shape index (κ1) is 19.2. The van der Waals surface area contributed by atoms with Gasteiger partial charge in [0.25, 0.3) is 5.91 Å². The fourth-order valence-corrected chi connectivity index (χ4v) is 4.54. The molecule has 2 fully saturated rings. The third-order valence-electron chi connectivity index (χ3n) is 6.16. The Labute approximate surface area is 166 Å². The molecule has 6 nitrogen and oxygen atoms in total. The van der Waals surface area contributed by atoms with E-state index in [0.717, 1.165) is 63.4 Å². The quantitative estimate of drug-likeness (QED) is 0.835. The lowest BCUT2D eigenvalue weighted by molar-refractivity contribution is -0.0361. The lowest BCUT2D eigenvalue weighted by Crippen LogP contribution is -2.59. The van der Waals surface area contributed by atoms with Crippen molar-refractivity contribution in [3.63, 3.8) is 0 Å². The number of amides is 1. The van der Waals surface area contributed by atoms with Crippen molar-refractivity contribution in [3.05, 3.63) is 53.9 Å². The van der Waals surface area contributed by atoms with Gasteiger partial charge in [0, 0.05) is 43.1 Å². The van der Waals surface area contributed by atoms with Crippen LogP contribution in [0.2, 0.25) is 0 Å². The maximum Gasteiger partial charge on any atom is 0.251 e. The van der Waals surface area contributed by atoms with E-state index in [0.29, 0.717) is 0 Å². The summed E-state index contributed by atoms with van der Waals surface area (Å²) in [5, 5.41) is 7.46. The fraction of sp³-hybridized carbons (Fsp3) is 0.545. The zero-order valence-electron chi connectivity index (χ0n) is 16.5. The first-order chi connectivity index (χ1) is 13.8. The Balaban J connectivity index is 1.37. The van der Waals surface area contributed by atoms with Gasteiger partial charge in [0.2, 0.25) is 0 Å². The van der Waals surface area contributed by atoms with Crippen molar-refractivity contribution in [2.75, 3.05) is 32.8 Å². The Morgan fingerprint density at radius 1 is 1.11 bits per heavy atom. The molecule has 1 aromatic carbocycles. The smallest absolute Gasteiger partial charge is 0.251 e. The minimum atomic E-state index is 0.0175. The van der Waals surface area contributed by atoms with Crippen LogP contribution in [0.15, 0.2) is 42.7 Å². The first-order valence-electron chi connectivity index (χ1n) is 10.4. The number of nitrogens with one attached hydrogen (secondary N) is 1. The molecule has 1 aromatic heterocycles. The molecule has 6 heteroatoms. The number of rotatable bonds is 6. The van der Waals surface area contributed by atoms with E-state index in [9.17, 15) is 4.79 Å². The third-order valence-corrected chi connectivity index (χ3v) is 6.16. The van der Waals surface area contributed by atoms with Gasteiger partial charge in [0.05, 0.1) is 19.8 Å². The molecule has 1 saturated heterocycles. The lowest BCUT2D eigenvalue weighted by Gasteiger charge is -2.48. The summed E-state index contributed by atoms with van der Waals surface area (Å²) in [5.74, 6) is 0.0175. The van der Waals surface area contributed by atoms with Crippen LogP contribution in [0.3, 0.4) is 0 Å². The monoisotopic (exact) mass is 382 g/mol. The molecule has 28 heavy (non-hydrogen) atoms. The molecular formula is C22H30N4O2. The van der Waals surface area contributed by atoms with Gasteiger partial charge in [-0.05, 0) is 36.6 Å². The standard InChI is InChI=1S/C22H30N4O2/c27-21(20-7-5-19(6-8-20)17-26-12-4-11-24-26)23-18-22(9-2-1-3-10-22)25-13-15-28-16-14-25/h4-8,11-12H,1-3,9-10,13-18H2,(H,23,27). The van der Waals surface area contributed by atoms with E-state index >= 15 is 0 Å². The van der Waals surface area contributed by atoms with Gasteiger partial charge < -0.3 is 10.1 Å². The molecule has 0 atom stereocenters. The molecule has 0 radical (unpaired) electrons. The minimum Gasteiger partial charge on any atom is -0.379 e.